The van der Waals surface area contributed by atoms with Crippen molar-refractivity contribution < 1.29 is 28.5 Å². The average molecular weight is 783 g/mol. The van der Waals surface area contributed by atoms with Gasteiger partial charge in [0, 0.05) is 10.8 Å². The lowest BCUT2D eigenvalue weighted by Crippen LogP contribution is -2.21. The van der Waals surface area contributed by atoms with E-state index in [1.807, 2.05) is 104 Å². The molecule has 0 saturated carbocycles. The van der Waals surface area contributed by atoms with Crippen LogP contribution in [-0.4, -0.2) is 38.0 Å². The minimum atomic E-state index is -0.619. The molecule has 0 bridgehead atoms. The maximum atomic E-state index is 12.6. The minimum Gasteiger partial charge on any atom is -0.490 e. The Kier molecular flexibility index (Phi) is 22.5. The van der Waals surface area contributed by atoms with E-state index in [9.17, 15) is 20.1 Å². The van der Waals surface area contributed by atoms with Crippen LogP contribution in [0.3, 0.4) is 0 Å². The number of ketones is 2. The molecule has 2 aromatic rings. The Morgan fingerprint density at radius 1 is 0.491 bits per heavy atom. The number of ether oxygens (including phenoxy) is 4. The molecule has 0 unspecified atom stereocenters. The fraction of sp³-hybridized carbons (Fsp3) is 0.592. The van der Waals surface area contributed by atoms with Crippen molar-refractivity contribution in [1.29, 1.82) is 10.5 Å². The SMILES string of the molecule is CCOc1cc(C=C(C#N)C(=O)C(C)(C)C)ccc1OCCCCCCCCCCCCCCCCCOc1ccc(C=C(C#N)C(=O)C(C)(C)C)cc1OCC. The predicted molar refractivity (Wildman–Crippen MR) is 232 cm³/mol. The Balaban J connectivity index is 1.53. The minimum absolute atomic E-state index is 0.138. The highest BCUT2D eigenvalue weighted by molar-refractivity contribution is 6.06. The molecule has 0 atom stereocenters. The Labute approximate surface area is 344 Å². The van der Waals surface area contributed by atoms with E-state index in [2.05, 4.69) is 0 Å². The number of benzene rings is 2. The monoisotopic (exact) mass is 783 g/mol. The van der Waals surface area contributed by atoms with E-state index >= 15 is 0 Å². The molecule has 0 aliphatic carbocycles. The van der Waals surface area contributed by atoms with Gasteiger partial charge in [0.05, 0.1) is 37.6 Å². The van der Waals surface area contributed by atoms with Crippen LogP contribution >= 0.6 is 0 Å². The number of unbranched alkanes of at least 4 members (excludes halogenated alkanes) is 14. The van der Waals surface area contributed by atoms with Crippen molar-refractivity contribution in [3.63, 3.8) is 0 Å². The summed E-state index contributed by atoms with van der Waals surface area (Å²) in [5.74, 6) is 2.28. The summed E-state index contributed by atoms with van der Waals surface area (Å²) >= 11 is 0. The number of hydrogen-bond acceptors (Lipinski definition) is 8. The highest BCUT2D eigenvalue weighted by Gasteiger charge is 2.26. The number of carbonyl (C=O) groups is 2. The molecule has 0 saturated heterocycles. The Hall–Kier alpha value is -4.56. The van der Waals surface area contributed by atoms with E-state index in [4.69, 9.17) is 18.9 Å². The Morgan fingerprint density at radius 3 is 1.05 bits per heavy atom. The Morgan fingerprint density at radius 2 is 0.789 bits per heavy atom. The Bertz CT molecular complexity index is 1560. The molecular formula is C49H70N2O6. The summed E-state index contributed by atoms with van der Waals surface area (Å²) in [7, 11) is 0. The summed E-state index contributed by atoms with van der Waals surface area (Å²) in [6, 6.07) is 15.2. The third kappa shape index (κ3) is 19.0. The van der Waals surface area contributed by atoms with Crippen molar-refractivity contribution in [2.75, 3.05) is 26.4 Å². The van der Waals surface area contributed by atoms with Crippen molar-refractivity contribution in [3.8, 4) is 35.1 Å². The molecule has 8 heteroatoms. The number of Topliss-reactive ketones (excluding diaryl/α,β-unsaturated/α-hetero) is 2. The van der Waals surface area contributed by atoms with Crippen molar-refractivity contribution >= 4 is 23.7 Å². The number of carbonyl (C=O) groups excluding carboxylic acids is 2. The first-order valence-corrected chi connectivity index (χ1v) is 21.4. The fourth-order valence-electron chi connectivity index (χ4n) is 6.31. The maximum Gasteiger partial charge on any atom is 0.178 e. The lowest BCUT2D eigenvalue weighted by Gasteiger charge is -2.16. The third-order valence-corrected chi connectivity index (χ3v) is 9.55. The molecule has 57 heavy (non-hydrogen) atoms. The van der Waals surface area contributed by atoms with Gasteiger partial charge in [-0.2, -0.15) is 10.5 Å². The smallest absolute Gasteiger partial charge is 0.178 e. The van der Waals surface area contributed by atoms with Crippen LogP contribution in [-0.2, 0) is 9.59 Å². The molecule has 0 aliphatic rings. The first kappa shape index (κ1) is 48.6. The zero-order chi connectivity index (χ0) is 42.1. The number of allylic oxidation sites excluding steroid dienone is 2. The normalized spacial score (nSPS) is 12.1. The molecule has 0 aromatic heterocycles. The molecule has 0 spiro atoms. The van der Waals surface area contributed by atoms with Crippen molar-refractivity contribution in [3.05, 3.63) is 58.7 Å². The van der Waals surface area contributed by atoms with Gasteiger partial charge >= 0.3 is 0 Å². The molecule has 0 heterocycles. The largest absolute Gasteiger partial charge is 0.490 e. The second-order valence-electron chi connectivity index (χ2n) is 16.8. The van der Waals surface area contributed by atoms with Crippen LogP contribution in [0.25, 0.3) is 12.2 Å². The van der Waals surface area contributed by atoms with Crippen molar-refractivity contribution in [2.24, 2.45) is 10.8 Å². The molecule has 312 valence electrons. The summed E-state index contributed by atoms with van der Waals surface area (Å²) in [4.78, 5) is 25.2. The van der Waals surface area contributed by atoms with Gasteiger partial charge in [-0.25, -0.2) is 0 Å². The molecule has 2 rings (SSSR count). The summed E-state index contributed by atoms with van der Waals surface area (Å²) in [6.07, 6.45) is 21.7. The molecule has 0 fully saturated rings. The molecule has 8 nitrogen and oxygen atoms in total. The maximum absolute atomic E-state index is 12.6. The standard InChI is InChI=1S/C49H70N2O6/c1-9-54-44-34-38(32-40(36-50)46(52)48(3,4)5)26-28-42(44)56-30-24-22-20-18-16-14-12-11-13-15-17-19-21-23-25-31-57-43-29-27-39(35-45(43)55-10-2)33-41(37-51)47(53)49(6,7)8/h26-29,32-35H,9-25,30-31H2,1-8H3. The van der Waals surface area contributed by atoms with E-state index in [-0.39, 0.29) is 22.7 Å². The van der Waals surface area contributed by atoms with Crippen LogP contribution in [0.4, 0.5) is 0 Å². The number of nitriles is 2. The number of hydrogen-bond donors (Lipinski definition) is 0. The second kappa shape index (κ2) is 26.4. The summed E-state index contributed by atoms with van der Waals surface area (Å²) in [5, 5.41) is 19.1. The first-order chi connectivity index (χ1) is 27.2. The second-order valence-corrected chi connectivity index (χ2v) is 16.8. The summed E-state index contributed by atoms with van der Waals surface area (Å²) < 4.78 is 23.7. The molecular weight excluding hydrogens is 713 g/mol. The van der Waals surface area contributed by atoms with E-state index in [1.165, 1.54) is 70.6 Å². The van der Waals surface area contributed by atoms with Crippen LogP contribution in [0.1, 0.15) is 163 Å². The van der Waals surface area contributed by atoms with Gasteiger partial charge in [-0.05, 0) is 74.2 Å². The van der Waals surface area contributed by atoms with Gasteiger partial charge in [0.25, 0.3) is 0 Å². The van der Waals surface area contributed by atoms with E-state index in [0.717, 1.165) is 36.8 Å². The van der Waals surface area contributed by atoms with E-state index in [1.54, 1.807) is 12.2 Å². The zero-order valence-electron chi connectivity index (χ0n) is 36.4. The van der Waals surface area contributed by atoms with Gasteiger partial charge in [0.1, 0.15) is 12.1 Å². The van der Waals surface area contributed by atoms with E-state index in [0.29, 0.717) is 49.4 Å². The van der Waals surface area contributed by atoms with Crippen LogP contribution in [0.2, 0.25) is 0 Å². The lowest BCUT2D eigenvalue weighted by atomic mass is 9.86. The quantitative estimate of drug-likeness (QED) is 0.0475. The van der Waals surface area contributed by atoms with Crippen LogP contribution in [0.5, 0.6) is 23.0 Å². The van der Waals surface area contributed by atoms with Crippen LogP contribution < -0.4 is 18.9 Å². The highest BCUT2D eigenvalue weighted by Crippen LogP contribution is 2.32. The molecule has 0 radical (unpaired) electrons. The molecule has 0 amide bonds. The van der Waals surface area contributed by atoms with Gasteiger partial charge in [-0.3, -0.25) is 9.59 Å². The first-order valence-electron chi connectivity index (χ1n) is 21.4. The number of rotatable bonds is 28. The molecule has 0 N–H and O–H groups in total. The van der Waals surface area contributed by atoms with Gasteiger partial charge in [-0.15, -0.1) is 0 Å². The molecule has 2 aromatic carbocycles. The van der Waals surface area contributed by atoms with Crippen molar-refractivity contribution in [1.82, 2.24) is 0 Å². The topological polar surface area (TPSA) is 119 Å². The van der Waals surface area contributed by atoms with Gasteiger partial charge in [-0.1, -0.05) is 137 Å². The summed E-state index contributed by atoms with van der Waals surface area (Å²) in [6.45, 7) is 17.0. The van der Waals surface area contributed by atoms with E-state index < -0.39 is 10.8 Å². The fourth-order valence-corrected chi connectivity index (χ4v) is 6.31. The predicted octanol–water partition coefficient (Wildman–Crippen LogP) is 12.8. The average Bonchev–Trinajstić information content (AvgIpc) is 3.17. The number of nitrogens with zero attached hydrogens (tertiary/aromatic N) is 2. The summed E-state index contributed by atoms with van der Waals surface area (Å²) in [5.41, 5.74) is 0.521. The third-order valence-electron chi connectivity index (χ3n) is 9.55. The van der Waals surface area contributed by atoms with Crippen LogP contribution in [0.15, 0.2) is 47.5 Å². The van der Waals surface area contributed by atoms with Gasteiger partial charge < -0.3 is 18.9 Å². The zero-order valence-corrected chi connectivity index (χ0v) is 36.4. The van der Waals surface area contributed by atoms with Crippen LogP contribution in [0, 0.1) is 33.5 Å². The lowest BCUT2D eigenvalue weighted by molar-refractivity contribution is -0.122. The van der Waals surface area contributed by atoms with Gasteiger partial charge in [0.2, 0.25) is 0 Å². The molecule has 0 aliphatic heterocycles. The highest BCUT2D eigenvalue weighted by atomic mass is 16.5. The van der Waals surface area contributed by atoms with Gasteiger partial charge in [0.15, 0.2) is 34.6 Å². The van der Waals surface area contributed by atoms with Crippen molar-refractivity contribution in [2.45, 2.75) is 152 Å².